The first kappa shape index (κ1) is 12.5. The van der Waals surface area contributed by atoms with Crippen molar-refractivity contribution in [3.05, 3.63) is 27.7 Å². The van der Waals surface area contributed by atoms with Crippen molar-refractivity contribution < 1.29 is 9.84 Å². The van der Waals surface area contributed by atoms with Gasteiger partial charge in [0.05, 0.1) is 18.2 Å². The Morgan fingerprint density at radius 2 is 2.13 bits per heavy atom. The number of hydrogen-bond acceptors (Lipinski definition) is 2. The zero-order valence-corrected chi connectivity index (χ0v) is 11.0. The highest BCUT2D eigenvalue weighted by atomic mass is 79.9. The van der Waals surface area contributed by atoms with E-state index >= 15 is 0 Å². The van der Waals surface area contributed by atoms with E-state index in [0.717, 1.165) is 22.2 Å². The molecule has 0 saturated heterocycles. The summed E-state index contributed by atoms with van der Waals surface area (Å²) < 4.78 is 6.26. The summed E-state index contributed by atoms with van der Waals surface area (Å²) in [6, 6.07) is 3.89. The molecule has 15 heavy (non-hydrogen) atoms. The van der Waals surface area contributed by atoms with Crippen molar-refractivity contribution in [1.29, 1.82) is 0 Å². The van der Waals surface area contributed by atoms with Crippen LogP contribution >= 0.6 is 15.9 Å². The fourth-order valence-electron chi connectivity index (χ4n) is 1.50. The van der Waals surface area contributed by atoms with Crippen molar-refractivity contribution >= 4 is 15.9 Å². The molecule has 0 aliphatic carbocycles. The molecule has 1 aromatic rings. The van der Waals surface area contributed by atoms with E-state index in [-0.39, 0.29) is 6.61 Å². The molecule has 2 nitrogen and oxygen atoms in total. The van der Waals surface area contributed by atoms with Crippen LogP contribution in [0.3, 0.4) is 0 Å². The average molecular weight is 273 g/mol. The number of ether oxygens (including phenoxy) is 1. The topological polar surface area (TPSA) is 29.5 Å². The Labute approximate surface area is 99.4 Å². The Bertz CT molecular complexity index is 337. The lowest BCUT2D eigenvalue weighted by Crippen LogP contribution is -1.98. The van der Waals surface area contributed by atoms with E-state index in [0.29, 0.717) is 5.92 Å². The Morgan fingerprint density at radius 3 is 2.60 bits per heavy atom. The first-order valence-corrected chi connectivity index (χ1v) is 5.90. The van der Waals surface area contributed by atoms with Crippen LogP contribution in [0.5, 0.6) is 5.75 Å². The fraction of sp³-hybridized carbons (Fsp3) is 0.500. The first-order valence-electron chi connectivity index (χ1n) is 5.11. The number of methoxy groups -OCH3 is 1. The highest BCUT2D eigenvalue weighted by Gasteiger charge is 2.13. The molecule has 0 amide bonds. The van der Waals surface area contributed by atoms with Gasteiger partial charge in [-0.15, -0.1) is 0 Å². The van der Waals surface area contributed by atoms with Gasteiger partial charge in [-0.05, 0) is 45.5 Å². The SMILES string of the molecule is CCC(C)c1cc(CO)cc(OC)c1Br. The van der Waals surface area contributed by atoms with Crippen LogP contribution in [0.25, 0.3) is 0 Å². The van der Waals surface area contributed by atoms with E-state index in [9.17, 15) is 0 Å². The molecule has 1 atom stereocenters. The predicted octanol–water partition coefficient (Wildman–Crippen LogP) is 3.46. The van der Waals surface area contributed by atoms with E-state index < -0.39 is 0 Å². The summed E-state index contributed by atoms with van der Waals surface area (Å²) in [5, 5.41) is 9.16. The van der Waals surface area contributed by atoms with E-state index in [1.54, 1.807) is 7.11 Å². The molecule has 0 aliphatic rings. The zero-order chi connectivity index (χ0) is 11.4. The number of rotatable bonds is 4. The third kappa shape index (κ3) is 2.73. The maximum Gasteiger partial charge on any atom is 0.133 e. The number of halogens is 1. The Balaban J connectivity index is 3.23. The third-order valence-electron chi connectivity index (χ3n) is 2.67. The molecule has 84 valence electrons. The van der Waals surface area contributed by atoms with Gasteiger partial charge in [-0.1, -0.05) is 19.9 Å². The molecule has 0 aromatic heterocycles. The van der Waals surface area contributed by atoms with Crippen LogP contribution in [0.2, 0.25) is 0 Å². The van der Waals surface area contributed by atoms with Gasteiger partial charge in [0.2, 0.25) is 0 Å². The van der Waals surface area contributed by atoms with Crippen LogP contribution in [0, 0.1) is 0 Å². The van der Waals surface area contributed by atoms with Gasteiger partial charge in [0, 0.05) is 0 Å². The van der Waals surface area contributed by atoms with Crippen LogP contribution in [0.15, 0.2) is 16.6 Å². The minimum atomic E-state index is 0.0487. The largest absolute Gasteiger partial charge is 0.496 e. The molecular weight excluding hydrogens is 256 g/mol. The molecule has 0 fully saturated rings. The zero-order valence-electron chi connectivity index (χ0n) is 9.38. The fourth-order valence-corrected chi connectivity index (χ4v) is 2.28. The number of benzene rings is 1. The second-order valence-electron chi connectivity index (χ2n) is 3.67. The second-order valence-corrected chi connectivity index (χ2v) is 4.46. The number of aliphatic hydroxyl groups excluding tert-OH is 1. The summed E-state index contributed by atoms with van der Waals surface area (Å²) in [5.41, 5.74) is 2.09. The molecule has 0 saturated carbocycles. The maximum atomic E-state index is 9.16. The summed E-state index contributed by atoms with van der Waals surface area (Å²) in [7, 11) is 1.64. The summed E-state index contributed by atoms with van der Waals surface area (Å²) in [6.07, 6.45) is 1.07. The summed E-state index contributed by atoms with van der Waals surface area (Å²) in [4.78, 5) is 0. The predicted molar refractivity (Wildman–Crippen MR) is 65.3 cm³/mol. The third-order valence-corrected chi connectivity index (χ3v) is 3.52. The van der Waals surface area contributed by atoms with E-state index in [4.69, 9.17) is 9.84 Å². The monoisotopic (exact) mass is 272 g/mol. The number of hydrogen-bond donors (Lipinski definition) is 1. The van der Waals surface area contributed by atoms with E-state index in [2.05, 4.69) is 29.8 Å². The Hall–Kier alpha value is -0.540. The molecule has 1 unspecified atom stereocenters. The molecule has 1 rings (SSSR count). The Morgan fingerprint density at radius 1 is 1.47 bits per heavy atom. The van der Waals surface area contributed by atoms with Gasteiger partial charge >= 0.3 is 0 Å². The molecule has 0 aliphatic heterocycles. The molecule has 0 spiro atoms. The molecule has 0 bridgehead atoms. The normalized spacial score (nSPS) is 12.6. The van der Waals surface area contributed by atoms with Gasteiger partial charge in [0.25, 0.3) is 0 Å². The van der Waals surface area contributed by atoms with Crippen LogP contribution < -0.4 is 4.74 Å². The van der Waals surface area contributed by atoms with Crippen molar-refractivity contribution in [3.8, 4) is 5.75 Å². The highest BCUT2D eigenvalue weighted by Crippen LogP contribution is 2.35. The molecule has 1 aromatic carbocycles. The summed E-state index contributed by atoms with van der Waals surface area (Å²) >= 11 is 3.54. The molecule has 1 N–H and O–H groups in total. The summed E-state index contributed by atoms with van der Waals surface area (Å²) in [6.45, 7) is 4.36. The van der Waals surface area contributed by atoms with Crippen molar-refractivity contribution in [2.24, 2.45) is 0 Å². The lowest BCUT2D eigenvalue weighted by molar-refractivity contribution is 0.280. The van der Waals surface area contributed by atoms with E-state index in [1.165, 1.54) is 5.56 Å². The summed E-state index contributed by atoms with van der Waals surface area (Å²) in [5.74, 6) is 1.25. The minimum absolute atomic E-state index is 0.0487. The second kappa shape index (κ2) is 5.52. The van der Waals surface area contributed by atoms with Gasteiger partial charge < -0.3 is 9.84 Å². The smallest absolute Gasteiger partial charge is 0.133 e. The minimum Gasteiger partial charge on any atom is -0.496 e. The molecular formula is C12H17BrO2. The van der Waals surface area contributed by atoms with Gasteiger partial charge in [-0.2, -0.15) is 0 Å². The lowest BCUT2D eigenvalue weighted by Gasteiger charge is -2.15. The van der Waals surface area contributed by atoms with Crippen molar-refractivity contribution in [3.63, 3.8) is 0 Å². The number of aliphatic hydroxyl groups is 1. The average Bonchev–Trinajstić information content (AvgIpc) is 2.28. The van der Waals surface area contributed by atoms with Crippen molar-refractivity contribution in [2.75, 3.05) is 7.11 Å². The quantitative estimate of drug-likeness (QED) is 0.910. The van der Waals surface area contributed by atoms with E-state index in [1.807, 2.05) is 12.1 Å². The first-order chi connectivity index (χ1) is 7.13. The van der Waals surface area contributed by atoms with Gasteiger partial charge in [-0.25, -0.2) is 0 Å². The van der Waals surface area contributed by atoms with Crippen molar-refractivity contribution in [2.45, 2.75) is 32.8 Å². The van der Waals surface area contributed by atoms with Crippen LogP contribution in [-0.4, -0.2) is 12.2 Å². The Kier molecular flexibility index (Phi) is 4.61. The van der Waals surface area contributed by atoms with Gasteiger partial charge in [0.15, 0.2) is 0 Å². The van der Waals surface area contributed by atoms with Crippen LogP contribution in [-0.2, 0) is 6.61 Å². The molecule has 3 heteroatoms. The van der Waals surface area contributed by atoms with Crippen LogP contribution in [0.4, 0.5) is 0 Å². The maximum absolute atomic E-state index is 9.16. The standard InChI is InChI=1S/C12H17BrO2/c1-4-8(2)10-5-9(7-14)6-11(15-3)12(10)13/h5-6,8,14H,4,7H2,1-3H3. The van der Waals surface area contributed by atoms with Gasteiger partial charge in [0.1, 0.15) is 5.75 Å². The van der Waals surface area contributed by atoms with Gasteiger partial charge in [-0.3, -0.25) is 0 Å². The van der Waals surface area contributed by atoms with Crippen molar-refractivity contribution in [1.82, 2.24) is 0 Å². The molecule has 0 heterocycles. The lowest BCUT2D eigenvalue weighted by atomic mass is 9.96. The van der Waals surface area contributed by atoms with Crippen LogP contribution in [0.1, 0.15) is 37.3 Å². The molecule has 0 radical (unpaired) electrons. The highest BCUT2D eigenvalue weighted by molar-refractivity contribution is 9.10.